The first-order chi connectivity index (χ1) is 21.8. The van der Waals surface area contributed by atoms with Crippen LogP contribution < -0.4 is 10.2 Å². The molecule has 0 bridgehead atoms. The van der Waals surface area contributed by atoms with Gasteiger partial charge in [0.1, 0.15) is 0 Å². The summed E-state index contributed by atoms with van der Waals surface area (Å²) >= 11 is 0. The lowest BCUT2D eigenvalue weighted by Crippen LogP contribution is -2.46. The number of carbonyl (C=O) groups is 1. The second-order valence-electron chi connectivity index (χ2n) is 11.2. The highest BCUT2D eigenvalue weighted by molar-refractivity contribution is 5.90. The number of nitrogens with one attached hydrogen (secondary N) is 1. The Labute approximate surface area is 263 Å². The van der Waals surface area contributed by atoms with Gasteiger partial charge in [-0.1, -0.05) is 12.0 Å². The normalized spacial score (nSPS) is 17.9. The number of aromatic nitrogens is 4. The fourth-order valence-electron chi connectivity index (χ4n) is 5.40. The molecule has 1 amide bonds. The minimum Gasteiger partial charge on any atom is -0.449 e. The van der Waals surface area contributed by atoms with Crippen LogP contribution in [0.5, 0.6) is 0 Å². The molecule has 0 radical (unpaired) electrons. The lowest BCUT2D eigenvalue weighted by Gasteiger charge is -2.40. The lowest BCUT2D eigenvalue weighted by atomic mass is 9.89. The van der Waals surface area contributed by atoms with Gasteiger partial charge in [-0.15, -0.1) is 5.10 Å². The van der Waals surface area contributed by atoms with Gasteiger partial charge in [0.2, 0.25) is 0 Å². The first-order valence-corrected chi connectivity index (χ1v) is 14.5. The number of carbonyl (C=O) groups excluding carboxylic acids is 1. The largest absolute Gasteiger partial charge is 0.449 e. The van der Waals surface area contributed by atoms with Crippen LogP contribution in [0.3, 0.4) is 0 Å². The Balaban J connectivity index is 1.60. The molecule has 3 atom stereocenters. The number of ether oxygens (including phenoxy) is 1. The predicted octanol–water partition coefficient (Wildman–Crippen LogP) is 7.20. The summed E-state index contributed by atoms with van der Waals surface area (Å²) in [5.41, 5.74) is -3.65. The molecule has 2 heterocycles. The Hall–Kier alpha value is -4.09. The molecule has 0 saturated carbocycles. The molecule has 1 aliphatic heterocycles. The molecule has 47 heavy (non-hydrogen) atoms. The van der Waals surface area contributed by atoms with Crippen molar-refractivity contribution < 1.29 is 49.0 Å². The van der Waals surface area contributed by atoms with Crippen molar-refractivity contribution >= 4 is 17.7 Å². The molecule has 0 saturated heterocycles. The second-order valence-corrected chi connectivity index (χ2v) is 11.2. The SMILES string of the molecule is CCOC(=O)N1c2ccc(C(F)(F)F)cc2[C@@H](Nc2nnn(CC(Cc3cc(C(F)(F)F)cc(C(F)(F)F)c3)N(C)C)n2)C[C@H]1CC. The van der Waals surface area contributed by atoms with Gasteiger partial charge in [-0.05, 0) is 93.0 Å². The molecule has 9 nitrogen and oxygen atoms in total. The zero-order valence-corrected chi connectivity index (χ0v) is 25.6. The third-order valence-electron chi connectivity index (χ3n) is 7.78. The van der Waals surface area contributed by atoms with E-state index in [1.54, 1.807) is 32.8 Å². The maximum absolute atomic E-state index is 13.7. The summed E-state index contributed by atoms with van der Waals surface area (Å²) in [7, 11) is 3.16. The topological polar surface area (TPSA) is 88.4 Å². The molecule has 0 spiro atoms. The van der Waals surface area contributed by atoms with E-state index in [9.17, 15) is 44.3 Å². The third-order valence-corrected chi connectivity index (χ3v) is 7.78. The Kier molecular flexibility index (Phi) is 10.3. The summed E-state index contributed by atoms with van der Waals surface area (Å²) in [6.07, 6.45) is -15.0. The summed E-state index contributed by atoms with van der Waals surface area (Å²) in [6, 6.07) is 2.44. The first-order valence-electron chi connectivity index (χ1n) is 14.5. The minimum atomic E-state index is -5.00. The van der Waals surface area contributed by atoms with Gasteiger partial charge in [-0.2, -0.15) is 44.3 Å². The van der Waals surface area contributed by atoms with Crippen LogP contribution in [-0.4, -0.2) is 64.0 Å². The molecule has 1 unspecified atom stereocenters. The van der Waals surface area contributed by atoms with E-state index < -0.39 is 59.4 Å². The number of alkyl halides is 9. The molecule has 1 N–H and O–H groups in total. The molecule has 3 aromatic rings. The summed E-state index contributed by atoms with van der Waals surface area (Å²) in [5, 5.41) is 15.1. The highest BCUT2D eigenvalue weighted by atomic mass is 19.4. The number of nitrogens with zero attached hydrogens (tertiary/aromatic N) is 6. The summed E-state index contributed by atoms with van der Waals surface area (Å²) in [4.78, 5) is 16.8. The standard InChI is InChI=1S/C29H32F9N7O2/c1-5-20-14-23(22-13-17(27(30,31)32)7-8-24(22)45(20)26(46)47-6-2)39-25-40-42-44(41-25)15-21(43(3)4)11-16-9-18(28(33,34)35)12-19(10-16)29(36,37)38/h7-10,12-13,20-21,23H,5-6,11,14-15H2,1-4H3,(H,39,41)/t20-,21?,23+/m1/s1. The summed E-state index contributed by atoms with van der Waals surface area (Å²) in [6.45, 7) is 3.37. The van der Waals surface area contributed by atoms with Crippen molar-refractivity contribution in [3.8, 4) is 0 Å². The molecule has 1 aliphatic rings. The maximum Gasteiger partial charge on any atom is 0.416 e. The Morgan fingerprint density at radius 1 is 0.957 bits per heavy atom. The van der Waals surface area contributed by atoms with Crippen molar-refractivity contribution in [2.75, 3.05) is 30.9 Å². The smallest absolute Gasteiger partial charge is 0.416 e. The van der Waals surface area contributed by atoms with Crippen molar-refractivity contribution in [2.24, 2.45) is 0 Å². The quantitative estimate of drug-likeness (QED) is 0.239. The second kappa shape index (κ2) is 13.6. The molecule has 258 valence electrons. The van der Waals surface area contributed by atoms with Gasteiger partial charge >= 0.3 is 24.6 Å². The van der Waals surface area contributed by atoms with Gasteiger partial charge in [0.15, 0.2) is 0 Å². The highest BCUT2D eigenvalue weighted by Gasteiger charge is 2.40. The van der Waals surface area contributed by atoms with Crippen molar-refractivity contribution in [1.82, 2.24) is 25.1 Å². The number of anilines is 2. The van der Waals surface area contributed by atoms with Gasteiger partial charge in [0.25, 0.3) is 5.95 Å². The van der Waals surface area contributed by atoms with Crippen LogP contribution in [0.25, 0.3) is 0 Å². The molecule has 18 heteroatoms. The van der Waals surface area contributed by atoms with Crippen LogP contribution in [0, 0.1) is 0 Å². The van der Waals surface area contributed by atoms with Gasteiger partial charge in [0.05, 0.1) is 41.6 Å². The number of amides is 1. The van der Waals surface area contributed by atoms with Crippen molar-refractivity contribution in [3.63, 3.8) is 0 Å². The van der Waals surface area contributed by atoms with Crippen LogP contribution in [-0.2, 0) is 36.2 Å². The molecular weight excluding hydrogens is 649 g/mol. The van der Waals surface area contributed by atoms with E-state index in [0.717, 1.165) is 16.9 Å². The van der Waals surface area contributed by atoms with Crippen molar-refractivity contribution in [1.29, 1.82) is 0 Å². The first kappa shape index (κ1) is 35.8. The average Bonchev–Trinajstić information content (AvgIpc) is 3.41. The van der Waals surface area contributed by atoms with Crippen LogP contribution in [0.4, 0.5) is 55.9 Å². The number of hydrogen-bond donors (Lipinski definition) is 1. The van der Waals surface area contributed by atoms with E-state index in [4.69, 9.17) is 4.74 Å². The molecule has 1 aromatic heterocycles. The van der Waals surface area contributed by atoms with Crippen LogP contribution in [0.15, 0.2) is 36.4 Å². The molecule has 2 aromatic carbocycles. The van der Waals surface area contributed by atoms with E-state index in [-0.39, 0.29) is 54.8 Å². The third kappa shape index (κ3) is 8.44. The Morgan fingerprint density at radius 3 is 2.11 bits per heavy atom. The molecule has 0 fully saturated rings. The van der Waals surface area contributed by atoms with E-state index in [0.29, 0.717) is 18.6 Å². The van der Waals surface area contributed by atoms with Crippen LogP contribution in [0.2, 0.25) is 0 Å². The number of benzene rings is 2. The van der Waals surface area contributed by atoms with Crippen LogP contribution >= 0.6 is 0 Å². The summed E-state index contributed by atoms with van der Waals surface area (Å²) < 4.78 is 126. The number of rotatable bonds is 9. The van der Waals surface area contributed by atoms with Gasteiger partial charge < -0.3 is 15.0 Å². The van der Waals surface area contributed by atoms with Gasteiger partial charge in [-0.25, -0.2) is 4.79 Å². The fraction of sp³-hybridized carbons (Fsp3) is 0.517. The van der Waals surface area contributed by atoms with Crippen molar-refractivity contribution in [2.45, 2.75) is 76.3 Å². The maximum atomic E-state index is 13.7. The van der Waals surface area contributed by atoms with E-state index in [2.05, 4.69) is 20.7 Å². The lowest BCUT2D eigenvalue weighted by molar-refractivity contribution is -0.143. The zero-order chi connectivity index (χ0) is 34.9. The monoisotopic (exact) mass is 681 g/mol. The highest BCUT2D eigenvalue weighted by Crippen LogP contribution is 2.43. The number of tetrazole rings is 1. The van der Waals surface area contributed by atoms with Crippen molar-refractivity contribution in [3.05, 3.63) is 64.2 Å². The zero-order valence-electron chi connectivity index (χ0n) is 25.6. The van der Waals surface area contributed by atoms with E-state index in [1.165, 1.54) is 11.0 Å². The molecular formula is C29H32F9N7O2. The summed E-state index contributed by atoms with van der Waals surface area (Å²) in [5.74, 6) is -0.0891. The molecule has 4 rings (SSSR count). The van der Waals surface area contributed by atoms with E-state index in [1.807, 2.05) is 0 Å². The average molecular weight is 682 g/mol. The van der Waals surface area contributed by atoms with E-state index >= 15 is 0 Å². The van der Waals surface area contributed by atoms with Gasteiger partial charge in [-0.3, -0.25) is 4.90 Å². The predicted molar refractivity (Wildman–Crippen MR) is 151 cm³/mol. The number of hydrogen-bond acceptors (Lipinski definition) is 7. The minimum absolute atomic E-state index is 0.0568. The fourth-order valence-corrected chi connectivity index (χ4v) is 5.40. The molecule has 0 aliphatic carbocycles. The Bertz CT molecular complexity index is 1520. The number of fused-ring (bicyclic) bond motifs is 1. The van der Waals surface area contributed by atoms with Gasteiger partial charge in [0, 0.05) is 12.1 Å². The number of halogens is 9. The van der Waals surface area contributed by atoms with Crippen LogP contribution in [0.1, 0.15) is 60.5 Å². The Morgan fingerprint density at radius 2 is 1.57 bits per heavy atom. The number of likely N-dealkylation sites (N-methyl/N-ethyl adjacent to an activating group) is 1.